The Balaban J connectivity index is 2.24. The Morgan fingerprint density at radius 1 is 1.39 bits per heavy atom. The first-order valence-electron chi connectivity index (χ1n) is 5.50. The van der Waals surface area contributed by atoms with Gasteiger partial charge in [-0.15, -0.1) is 0 Å². The lowest BCUT2D eigenvalue weighted by molar-refractivity contribution is 0.507. The molecule has 0 bridgehead atoms. The van der Waals surface area contributed by atoms with Gasteiger partial charge in [0.25, 0.3) is 0 Å². The lowest BCUT2D eigenvalue weighted by Crippen LogP contribution is -2.28. The number of hydrogen-bond donors (Lipinski definition) is 1. The minimum Gasteiger partial charge on any atom is -0.396 e. The number of nitrogen functional groups attached to an aromatic ring is 1. The molecular formula is C11H14BrN5O. The molecule has 0 saturated carbocycles. The molecule has 0 saturated heterocycles. The van der Waals surface area contributed by atoms with Crippen LogP contribution in [0.25, 0.3) is 0 Å². The molecule has 0 aliphatic carbocycles. The van der Waals surface area contributed by atoms with Crippen molar-refractivity contribution >= 4 is 21.6 Å². The molecule has 0 amide bonds. The van der Waals surface area contributed by atoms with Gasteiger partial charge in [0.15, 0.2) is 0 Å². The normalized spacial score (nSPS) is 10.8. The van der Waals surface area contributed by atoms with Crippen LogP contribution in [-0.2, 0) is 13.1 Å². The van der Waals surface area contributed by atoms with Crippen LogP contribution in [0.15, 0.2) is 21.7 Å². The van der Waals surface area contributed by atoms with Gasteiger partial charge in [-0.3, -0.25) is 9.25 Å². The van der Waals surface area contributed by atoms with E-state index >= 15 is 0 Å². The van der Waals surface area contributed by atoms with Crippen molar-refractivity contribution in [1.29, 1.82) is 0 Å². The van der Waals surface area contributed by atoms with E-state index in [1.165, 1.54) is 0 Å². The zero-order valence-electron chi connectivity index (χ0n) is 10.2. The summed E-state index contributed by atoms with van der Waals surface area (Å²) in [6.07, 6.45) is 3.32. The highest BCUT2D eigenvalue weighted by molar-refractivity contribution is 9.10. The molecular weight excluding hydrogens is 298 g/mol. The second-order valence-corrected chi connectivity index (χ2v) is 4.86. The van der Waals surface area contributed by atoms with Crippen LogP contribution >= 0.6 is 15.9 Å². The predicted octanol–water partition coefficient (Wildman–Crippen LogP) is 1.10. The lowest BCUT2D eigenvalue weighted by atomic mass is 10.3. The van der Waals surface area contributed by atoms with Crippen molar-refractivity contribution in [3.8, 4) is 0 Å². The Bertz CT molecular complexity index is 631. The Morgan fingerprint density at radius 3 is 2.72 bits per heavy atom. The van der Waals surface area contributed by atoms with Crippen LogP contribution in [0.1, 0.15) is 11.4 Å². The number of hydrogen-bond acceptors (Lipinski definition) is 4. The molecule has 0 aromatic carbocycles. The van der Waals surface area contributed by atoms with E-state index in [0.717, 1.165) is 10.2 Å². The van der Waals surface area contributed by atoms with Gasteiger partial charge in [-0.1, -0.05) is 0 Å². The third kappa shape index (κ3) is 2.45. The van der Waals surface area contributed by atoms with Gasteiger partial charge in [0.05, 0.1) is 28.6 Å². The first kappa shape index (κ1) is 12.8. The van der Waals surface area contributed by atoms with Crippen LogP contribution in [-0.4, -0.2) is 19.3 Å². The van der Waals surface area contributed by atoms with Gasteiger partial charge < -0.3 is 5.73 Å². The summed E-state index contributed by atoms with van der Waals surface area (Å²) >= 11 is 3.43. The molecule has 96 valence electrons. The van der Waals surface area contributed by atoms with Crippen LogP contribution < -0.4 is 11.4 Å². The predicted molar refractivity (Wildman–Crippen MR) is 72.3 cm³/mol. The second-order valence-electron chi connectivity index (χ2n) is 4.07. The minimum absolute atomic E-state index is 0.242. The Labute approximate surface area is 113 Å². The molecule has 2 rings (SSSR count). The van der Waals surface area contributed by atoms with Gasteiger partial charge in [-0.25, -0.2) is 4.79 Å². The summed E-state index contributed by atoms with van der Waals surface area (Å²) in [4.78, 5) is 15.8. The Kier molecular flexibility index (Phi) is 3.51. The molecule has 0 aliphatic heterocycles. The van der Waals surface area contributed by atoms with Gasteiger partial charge in [0.2, 0.25) is 0 Å². The van der Waals surface area contributed by atoms with Crippen LogP contribution in [0.5, 0.6) is 0 Å². The highest BCUT2D eigenvalue weighted by Crippen LogP contribution is 2.16. The highest BCUT2D eigenvalue weighted by Gasteiger charge is 2.09. The van der Waals surface area contributed by atoms with E-state index in [4.69, 9.17) is 5.73 Å². The first-order chi connectivity index (χ1) is 8.49. The first-order valence-corrected chi connectivity index (χ1v) is 6.30. The van der Waals surface area contributed by atoms with E-state index in [-0.39, 0.29) is 5.69 Å². The maximum Gasteiger partial charge on any atom is 0.348 e. The fraction of sp³-hybridized carbons (Fsp3) is 0.364. The number of anilines is 1. The van der Waals surface area contributed by atoms with Crippen LogP contribution in [0.4, 0.5) is 5.69 Å². The number of aromatic nitrogens is 4. The quantitative estimate of drug-likeness (QED) is 0.920. The van der Waals surface area contributed by atoms with Crippen molar-refractivity contribution in [2.75, 3.05) is 5.73 Å². The third-order valence-electron chi connectivity index (χ3n) is 2.74. The maximum absolute atomic E-state index is 11.8. The molecule has 2 N–H and O–H groups in total. The Hall–Kier alpha value is -1.63. The molecule has 2 heterocycles. The molecule has 0 unspecified atom stereocenters. The van der Waals surface area contributed by atoms with E-state index < -0.39 is 0 Å². The minimum atomic E-state index is -0.242. The average Bonchev–Trinajstić information content (AvgIpc) is 2.72. The van der Waals surface area contributed by atoms with Crippen LogP contribution in [0.3, 0.4) is 0 Å². The number of halogens is 1. The second kappa shape index (κ2) is 4.93. The average molecular weight is 312 g/mol. The molecule has 0 radical (unpaired) electrons. The van der Waals surface area contributed by atoms with Gasteiger partial charge in [0, 0.05) is 18.4 Å². The molecule has 6 nitrogen and oxygen atoms in total. The highest BCUT2D eigenvalue weighted by atomic mass is 79.9. The van der Waals surface area contributed by atoms with Crippen molar-refractivity contribution in [2.24, 2.45) is 0 Å². The maximum atomic E-state index is 11.8. The smallest absolute Gasteiger partial charge is 0.348 e. The molecule has 0 fully saturated rings. The third-order valence-corrected chi connectivity index (χ3v) is 3.89. The molecule has 18 heavy (non-hydrogen) atoms. The monoisotopic (exact) mass is 311 g/mol. The van der Waals surface area contributed by atoms with E-state index in [2.05, 4.69) is 26.0 Å². The van der Waals surface area contributed by atoms with E-state index in [1.54, 1.807) is 28.6 Å². The zero-order chi connectivity index (χ0) is 13.3. The van der Waals surface area contributed by atoms with Crippen molar-refractivity contribution in [1.82, 2.24) is 19.3 Å². The summed E-state index contributed by atoms with van der Waals surface area (Å²) in [5.41, 5.74) is 7.52. The topological polar surface area (TPSA) is 78.7 Å². The van der Waals surface area contributed by atoms with Gasteiger partial charge in [-0.2, -0.15) is 10.1 Å². The molecule has 0 spiro atoms. The van der Waals surface area contributed by atoms with E-state index in [9.17, 15) is 4.79 Å². The molecule has 0 atom stereocenters. The lowest BCUT2D eigenvalue weighted by Gasteiger charge is -2.11. The van der Waals surface area contributed by atoms with Crippen LogP contribution in [0.2, 0.25) is 0 Å². The summed E-state index contributed by atoms with van der Waals surface area (Å²) in [6, 6.07) is 0. The summed E-state index contributed by atoms with van der Waals surface area (Å²) in [7, 11) is 0. The Morgan fingerprint density at radius 2 is 2.11 bits per heavy atom. The van der Waals surface area contributed by atoms with Crippen molar-refractivity contribution < 1.29 is 0 Å². The molecule has 0 aliphatic rings. The van der Waals surface area contributed by atoms with Gasteiger partial charge in [0.1, 0.15) is 0 Å². The standard InChI is InChI=1S/C11H14BrN5O/c1-7-10(12)8(2)17(11(18)15-7)4-3-16-6-9(13)5-14-16/h5-6H,3-4,13H2,1-2H3. The molecule has 2 aromatic heterocycles. The summed E-state index contributed by atoms with van der Waals surface area (Å²) < 4.78 is 4.19. The summed E-state index contributed by atoms with van der Waals surface area (Å²) in [5, 5.41) is 4.07. The zero-order valence-corrected chi connectivity index (χ0v) is 11.8. The van der Waals surface area contributed by atoms with E-state index in [1.807, 2.05) is 6.92 Å². The van der Waals surface area contributed by atoms with Crippen molar-refractivity contribution in [2.45, 2.75) is 26.9 Å². The van der Waals surface area contributed by atoms with E-state index in [0.29, 0.717) is 24.5 Å². The van der Waals surface area contributed by atoms with Crippen molar-refractivity contribution in [3.05, 3.63) is 38.7 Å². The number of aryl methyl sites for hydroxylation is 2. The largest absolute Gasteiger partial charge is 0.396 e. The van der Waals surface area contributed by atoms with Crippen LogP contribution in [0, 0.1) is 13.8 Å². The van der Waals surface area contributed by atoms with Gasteiger partial charge >= 0.3 is 5.69 Å². The fourth-order valence-corrected chi connectivity index (χ4v) is 2.05. The molecule has 7 heteroatoms. The number of nitrogens with two attached hydrogens (primary N) is 1. The number of rotatable bonds is 3. The fourth-order valence-electron chi connectivity index (χ4n) is 1.74. The number of nitrogens with zero attached hydrogens (tertiary/aromatic N) is 4. The summed E-state index contributed by atoms with van der Waals surface area (Å²) in [5.74, 6) is 0. The van der Waals surface area contributed by atoms with Gasteiger partial charge in [-0.05, 0) is 29.8 Å². The SMILES string of the molecule is Cc1nc(=O)n(CCn2cc(N)cn2)c(C)c1Br. The van der Waals surface area contributed by atoms with Crippen molar-refractivity contribution in [3.63, 3.8) is 0 Å². The summed E-state index contributed by atoms with van der Waals surface area (Å²) in [6.45, 7) is 4.78. The molecule has 2 aromatic rings.